The molecule has 4 nitrogen and oxygen atoms in total. The maximum Gasteiger partial charge on any atom is 0.221 e. The van der Waals surface area contributed by atoms with E-state index in [1.807, 2.05) is 60.8 Å². The Hall–Kier alpha value is -3.57. The molecule has 5 aromatic rings. The zero-order valence-corrected chi connectivity index (χ0v) is 20.4. The van der Waals surface area contributed by atoms with Crippen LogP contribution >= 0.6 is 34.8 Å². The predicted octanol–water partition coefficient (Wildman–Crippen LogP) is 8.66. The highest BCUT2D eigenvalue weighted by atomic mass is 35.5. The molecule has 35 heavy (non-hydrogen) atoms. The normalized spacial score (nSPS) is 11.3. The van der Waals surface area contributed by atoms with Gasteiger partial charge in [0, 0.05) is 27.9 Å². The number of rotatable bonds is 6. The highest BCUT2D eigenvalue weighted by molar-refractivity contribution is 6.43. The van der Waals surface area contributed by atoms with Gasteiger partial charge in [0.05, 0.1) is 21.4 Å². The number of nitrogens with zero attached hydrogens (tertiary/aromatic N) is 2. The van der Waals surface area contributed by atoms with E-state index < -0.39 is 0 Å². The first-order valence-electron chi connectivity index (χ1n) is 10.7. The van der Waals surface area contributed by atoms with Crippen molar-refractivity contribution in [1.29, 1.82) is 0 Å². The molecular formula is C28H17Cl3N2O2. The minimum atomic E-state index is -0.288. The Balaban J connectivity index is 1.47. The van der Waals surface area contributed by atoms with Crippen molar-refractivity contribution in [2.75, 3.05) is 0 Å². The van der Waals surface area contributed by atoms with Gasteiger partial charge in [-0.2, -0.15) is 5.10 Å². The van der Waals surface area contributed by atoms with Crippen LogP contribution in [0.1, 0.15) is 16.1 Å². The van der Waals surface area contributed by atoms with Gasteiger partial charge >= 0.3 is 0 Å². The quantitative estimate of drug-likeness (QED) is 0.167. The molecule has 0 fully saturated rings. The van der Waals surface area contributed by atoms with Crippen LogP contribution in [0.25, 0.3) is 34.3 Å². The summed E-state index contributed by atoms with van der Waals surface area (Å²) in [6.45, 7) is 0. The third-order valence-electron chi connectivity index (χ3n) is 5.36. The lowest BCUT2D eigenvalue weighted by molar-refractivity contribution is 0.102. The van der Waals surface area contributed by atoms with Gasteiger partial charge in [0.15, 0.2) is 5.76 Å². The van der Waals surface area contributed by atoms with Gasteiger partial charge in [-0.05, 0) is 60.7 Å². The van der Waals surface area contributed by atoms with E-state index in [9.17, 15) is 4.79 Å². The number of furan rings is 1. The number of allylic oxidation sites excluding steroid dienone is 1. The van der Waals surface area contributed by atoms with Crippen LogP contribution in [0.15, 0.2) is 102 Å². The molecule has 172 valence electrons. The molecule has 0 aliphatic heterocycles. The van der Waals surface area contributed by atoms with Crippen LogP contribution < -0.4 is 0 Å². The van der Waals surface area contributed by atoms with Crippen molar-refractivity contribution in [1.82, 2.24) is 9.78 Å². The number of ketones is 1. The van der Waals surface area contributed by atoms with Gasteiger partial charge in [0.1, 0.15) is 5.76 Å². The molecule has 3 aromatic carbocycles. The number of carbonyl (C=O) groups excluding carboxylic acids is 1. The SMILES string of the molecule is O=C(/C=C/c1cn(-c2ccccc2)nc1-c1ccc(Cl)cc1)c1ccc(-c2cccc(Cl)c2Cl)o1. The van der Waals surface area contributed by atoms with E-state index in [1.54, 1.807) is 41.1 Å². The van der Waals surface area contributed by atoms with Gasteiger partial charge in [-0.1, -0.05) is 71.2 Å². The van der Waals surface area contributed by atoms with Gasteiger partial charge < -0.3 is 4.42 Å². The summed E-state index contributed by atoms with van der Waals surface area (Å²) in [5, 5.41) is 6.18. The van der Waals surface area contributed by atoms with Gasteiger partial charge in [-0.3, -0.25) is 4.79 Å². The fraction of sp³-hybridized carbons (Fsp3) is 0. The maximum atomic E-state index is 12.9. The second-order valence-electron chi connectivity index (χ2n) is 7.68. The Bertz CT molecular complexity index is 1530. The molecule has 0 N–H and O–H groups in total. The highest BCUT2D eigenvalue weighted by Gasteiger charge is 2.15. The van der Waals surface area contributed by atoms with E-state index in [2.05, 4.69) is 0 Å². The first-order chi connectivity index (χ1) is 17.0. The number of hydrogen-bond acceptors (Lipinski definition) is 3. The molecule has 0 amide bonds. The van der Waals surface area contributed by atoms with Crippen molar-refractivity contribution in [3.8, 4) is 28.3 Å². The zero-order valence-electron chi connectivity index (χ0n) is 18.2. The Morgan fingerprint density at radius 3 is 2.40 bits per heavy atom. The van der Waals surface area contributed by atoms with E-state index in [1.165, 1.54) is 6.08 Å². The summed E-state index contributed by atoms with van der Waals surface area (Å²) in [5.74, 6) is 0.368. The fourth-order valence-electron chi connectivity index (χ4n) is 3.61. The van der Waals surface area contributed by atoms with Crippen LogP contribution in [0.3, 0.4) is 0 Å². The summed E-state index contributed by atoms with van der Waals surface area (Å²) in [4.78, 5) is 12.9. The monoisotopic (exact) mass is 518 g/mol. The molecule has 0 saturated carbocycles. The van der Waals surface area contributed by atoms with Crippen molar-refractivity contribution in [3.63, 3.8) is 0 Å². The molecule has 0 bridgehead atoms. The van der Waals surface area contributed by atoms with Crippen LogP contribution in [-0.2, 0) is 0 Å². The minimum Gasteiger partial charge on any atom is -0.453 e. The average molecular weight is 520 g/mol. The summed E-state index contributed by atoms with van der Waals surface area (Å²) in [6.07, 6.45) is 5.07. The molecule has 0 aliphatic rings. The first-order valence-corrected chi connectivity index (χ1v) is 11.8. The molecule has 7 heteroatoms. The van der Waals surface area contributed by atoms with Crippen LogP contribution in [0, 0.1) is 0 Å². The van der Waals surface area contributed by atoms with Gasteiger partial charge in [0.2, 0.25) is 5.78 Å². The van der Waals surface area contributed by atoms with Crippen molar-refractivity contribution in [2.45, 2.75) is 0 Å². The number of aromatic nitrogens is 2. The Morgan fingerprint density at radius 1 is 0.857 bits per heavy atom. The van der Waals surface area contributed by atoms with Crippen molar-refractivity contribution < 1.29 is 9.21 Å². The lowest BCUT2D eigenvalue weighted by Gasteiger charge is -2.02. The van der Waals surface area contributed by atoms with Crippen LogP contribution in [0.2, 0.25) is 15.1 Å². The summed E-state index contributed by atoms with van der Waals surface area (Å²) in [5.41, 5.74) is 3.90. The number of halogens is 3. The summed E-state index contributed by atoms with van der Waals surface area (Å²) in [6, 6.07) is 25.7. The standard InChI is InChI=1S/C28H17Cl3N2O2/c29-20-12-9-18(10-13-20)28-19(17-33(32-28)21-5-2-1-3-6-21)11-14-24(34)26-16-15-25(35-26)22-7-4-8-23(30)27(22)31/h1-17H/b14-11+. The molecule has 0 atom stereocenters. The predicted molar refractivity (Wildman–Crippen MR) is 142 cm³/mol. The second-order valence-corrected chi connectivity index (χ2v) is 8.90. The molecule has 0 aliphatic carbocycles. The number of hydrogen-bond donors (Lipinski definition) is 0. The van der Waals surface area contributed by atoms with E-state index in [0.717, 1.165) is 22.5 Å². The van der Waals surface area contributed by atoms with Crippen LogP contribution in [-0.4, -0.2) is 15.6 Å². The average Bonchev–Trinajstić information content (AvgIpc) is 3.53. The highest BCUT2D eigenvalue weighted by Crippen LogP contribution is 2.34. The molecule has 2 aromatic heterocycles. The fourth-order valence-corrected chi connectivity index (χ4v) is 4.13. The van der Waals surface area contributed by atoms with E-state index >= 15 is 0 Å². The maximum absolute atomic E-state index is 12.9. The molecule has 0 spiro atoms. The van der Waals surface area contributed by atoms with Crippen LogP contribution in [0.5, 0.6) is 0 Å². The third-order valence-corrected chi connectivity index (χ3v) is 6.43. The topological polar surface area (TPSA) is 48.0 Å². The lowest BCUT2D eigenvalue weighted by atomic mass is 10.1. The number of para-hydroxylation sites is 1. The number of carbonyl (C=O) groups is 1. The largest absolute Gasteiger partial charge is 0.453 e. The molecular weight excluding hydrogens is 503 g/mol. The molecule has 0 radical (unpaired) electrons. The summed E-state index contributed by atoms with van der Waals surface area (Å²) in [7, 11) is 0. The second kappa shape index (κ2) is 9.96. The first kappa shape index (κ1) is 23.2. The lowest BCUT2D eigenvalue weighted by Crippen LogP contribution is -1.93. The van der Waals surface area contributed by atoms with Crippen molar-refractivity contribution in [3.05, 3.63) is 124 Å². The summed E-state index contributed by atoms with van der Waals surface area (Å²) >= 11 is 18.5. The zero-order chi connectivity index (χ0) is 24.4. The molecule has 0 unspecified atom stereocenters. The van der Waals surface area contributed by atoms with Gasteiger partial charge in [-0.25, -0.2) is 4.68 Å². The minimum absolute atomic E-state index is 0.191. The van der Waals surface area contributed by atoms with Crippen LogP contribution in [0.4, 0.5) is 0 Å². The Morgan fingerprint density at radius 2 is 1.63 bits per heavy atom. The molecule has 5 rings (SSSR count). The van der Waals surface area contributed by atoms with E-state index in [-0.39, 0.29) is 11.5 Å². The van der Waals surface area contributed by atoms with Crippen molar-refractivity contribution in [2.24, 2.45) is 0 Å². The van der Waals surface area contributed by atoms with Gasteiger partial charge in [0.25, 0.3) is 0 Å². The van der Waals surface area contributed by atoms with E-state index in [4.69, 9.17) is 44.3 Å². The Kier molecular flexibility index (Phi) is 6.60. The van der Waals surface area contributed by atoms with Gasteiger partial charge in [-0.15, -0.1) is 0 Å². The van der Waals surface area contributed by atoms with Crippen molar-refractivity contribution >= 4 is 46.7 Å². The molecule has 0 saturated heterocycles. The smallest absolute Gasteiger partial charge is 0.221 e. The van der Waals surface area contributed by atoms with E-state index in [0.29, 0.717) is 26.4 Å². The Labute approximate surface area is 217 Å². The summed E-state index contributed by atoms with van der Waals surface area (Å²) < 4.78 is 7.56. The number of benzene rings is 3. The third kappa shape index (κ3) is 4.96. The molecule has 2 heterocycles.